The van der Waals surface area contributed by atoms with Gasteiger partial charge >= 0.3 is 0 Å². The third kappa shape index (κ3) is 4.47. The van der Waals surface area contributed by atoms with E-state index in [4.69, 9.17) is 16.3 Å². The van der Waals surface area contributed by atoms with Crippen LogP contribution in [0.1, 0.15) is 29.2 Å². The summed E-state index contributed by atoms with van der Waals surface area (Å²) in [7, 11) is 0. The van der Waals surface area contributed by atoms with Gasteiger partial charge in [-0.05, 0) is 13.0 Å². The summed E-state index contributed by atoms with van der Waals surface area (Å²) in [6, 6.07) is 4.47. The van der Waals surface area contributed by atoms with E-state index in [0.717, 1.165) is 6.54 Å². The monoisotopic (exact) mass is 310 g/mol. The van der Waals surface area contributed by atoms with Gasteiger partial charge < -0.3 is 10.1 Å². The number of nitrogens with zero attached hydrogens (tertiary/aromatic N) is 1. The van der Waals surface area contributed by atoms with Gasteiger partial charge in [-0.15, -0.1) is 11.3 Å². The lowest BCUT2D eigenvalue weighted by Gasteiger charge is -2.06. The van der Waals surface area contributed by atoms with Crippen LogP contribution in [0.4, 0.5) is 0 Å². The normalized spacial score (nSPS) is 11.1. The van der Waals surface area contributed by atoms with E-state index in [0.29, 0.717) is 23.4 Å². The van der Waals surface area contributed by atoms with Crippen molar-refractivity contribution in [3.63, 3.8) is 0 Å². The van der Waals surface area contributed by atoms with E-state index >= 15 is 0 Å². The topological polar surface area (TPSA) is 34.1 Å². The van der Waals surface area contributed by atoms with Crippen LogP contribution in [0, 0.1) is 6.92 Å². The van der Waals surface area contributed by atoms with Crippen molar-refractivity contribution in [2.75, 3.05) is 0 Å². The molecule has 0 aromatic carbocycles. The molecule has 0 atom stereocenters. The predicted molar refractivity (Wildman–Crippen MR) is 84.6 cm³/mol. The zero-order chi connectivity index (χ0) is 14.5. The van der Waals surface area contributed by atoms with Crippen molar-refractivity contribution >= 4 is 22.9 Å². The number of halogens is 1. The average molecular weight is 311 g/mol. The van der Waals surface area contributed by atoms with Crippen LogP contribution >= 0.6 is 22.9 Å². The maximum atomic E-state index is 5.88. The maximum Gasteiger partial charge on any atom is 0.139 e. The molecule has 0 aliphatic carbocycles. The number of ether oxygens (including phenoxy) is 1. The summed E-state index contributed by atoms with van der Waals surface area (Å²) in [5.41, 5.74) is 1.22. The van der Waals surface area contributed by atoms with Gasteiger partial charge in [0.05, 0.1) is 11.2 Å². The fraction of sp³-hybridized carbons (Fsp3) is 0.400. The van der Waals surface area contributed by atoms with E-state index in [1.54, 1.807) is 18.5 Å². The number of thiophene rings is 1. The lowest BCUT2D eigenvalue weighted by molar-refractivity contribution is 0.305. The lowest BCUT2D eigenvalue weighted by atomic mass is 10.2. The van der Waals surface area contributed by atoms with Crippen LogP contribution in [0.15, 0.2) is 24.5 Å². The zero-order valence-corrected chi connectivity index (χ0v) is 13.5. The van der Waals surface area contributed by atoms with Crippen LogP contribution in [-0.2, 0) is 13.2 Å². The maximum absolute atomic E-state index is 5.88. The van der Waals surface area contributed by atoms with Gasteiger partial charge in [-0.1, -0.05) is 25.4 Å². The standard InChI is InChI=1S/C15H19ClN2OS/c1-10(2)18-8-15-4-12(11(3)20-15)9-19-14-5-13(16)6-17-7-14/h4-7,10,18H,8-9H2,1-3H3. The molecule has 108 valence electrons. The van der Waals surface area contributed by atoms with Crippen molar-refractivity contribution in [1.82, 2.24) is 10.3 Å². The Morgan fingerprint density at radius 1 is 1.35 bits per heavy atom. The Balaban J connectivity index is 1.96. The number of pyridine rings is 1. The average Bonchev–Trinajstić information content (AvgIpc) is 2.75. The molecular formula is C15H19ClN2OS. The molecular weight excluding hydrogens is 292 g/mol. The second-order valence-electron chi connectivity index (χ2n) is 4.96. The van der Waals surface area contributed by atoms with Gasteiger partial charge in [0.1, 0.15) is 12.4 Å². The Bertz CT molecular complexity index is 569. The van der Waals surface area contributed by atoms with Crippen molar-refractivity contribution in [1.29, 1.82) is 0 Å². The summed E-state index contributed by atoms with van der Waals surface area (Å²) in [5, 5.41) is 4.01. The largest absolute Gasteiger partial charge is 0.487 e. The Morgan fingerprint density at radius 2 is 2.15 bits per heavy atom. The summed E-state index contributed by atoms with van der Waals surface area (Å²) in [6.07, 6.45) is 3.27. The van der Waals surface area contributed by atoms with Crippen molar-refractivity contribution in [2.24, 2.45) is 0 Å². The SMILES string of the molecule is Cc1sc(CNC(C)C)cc1COc1cncc(Cl)c1. The first kappa shape index (κ1) is 15.3. The molecule has 0 saturated carbocycles. The van der Waals surface area contributed by atoms with E-state index in [2.05, 4.69) is 37.1 Å². The summed E-state index contributed by atoms with van der Waals surface area (Å²) in [6.45, 7) is 7.87. The second-order valence-corrected chi connectivity index (χ2v) is 6.73. The highest BCUT2D eigenvalue weighted by Gasteiger charge is 2.07. The third-order valence-corrected chi connectivity index (χ3v) is 4.13. The first-order valence-corrected chi connectivity index (χ1v) is 7.79. The van der Waals surface area contributed by atoms with E-state index in [-0.39, 0.29) is 0 Å². The van der Waals surface area contributed by atoms with Gasteiger partial charge in [-0.25, -0.2) is 0 Å². The van der Waals surface area contributed by atoms with E-state index < -0.39 is 0 Å². The minimum Gasteiger partial charge on any atom is -0.487 e. The Labute approximate surface area is 129 Å². The summed E-state index contributed by atoms with van der Waals surface area (Å²) in [4.78, 5) is 6.63. The summed E-state index contributed by atoms with van der Waals surface area (Å²) >= 11 is 7.69. The molecule has 1 N–H and O–H groups in total. The highest BCUT2D eigenvalue weighted by Crippen LogP contribution is 2.24. The Kier molecular flexibility index (Phi) is 5.40. The lowest BCUT2D eigenvalue weighted by Crippen LogP contribution is -2.21. The molecule has 2 aromatic heterocycles. The first-order valence-electron chi connectivity index (χ1n) is 6.59. The van der Waals surface area contributed by atoms with Gasteiger partial charge in [0.25, 0.3) is 0 Å². The highest BCUT2D eigenvalue weighted by atomic mass is 35.5. The van der Waals surface area contributed by atoms with Crippen LogP contribution in [-0.4, -0.2) is 11.0 Å². The Morgan fingerprint density at radius 3 is 2.85 bits per heavy atom. The number of aromatic nitrogens is 1. The molecule has 2 rings (SSSR count). The summed E-state index contributed by atoms with van der Waals surface area (Å²) in [5.74, 6) is 0.699. The fourth-order valence-electron chi connectivity index (χ4n) is 1.76. The molecule has 3 nitrogen and oxygen atoms in total. The van der Waals surface area contributed by atoms with E-state index in [1.165, 1.54) is 15.3 Å². The molecule has 0 amide bonds. The van der Waals surface area contributed by atoms with E-state index in [9.17, 15) is 0 Å². The smallest absolute Gasteiger partial charge is 0.139 e. The predicted octanol–water partition coefficient (Wildman–Crippen LogP) is 4.18. The number of rotatable bonds is 6. The molecule has 0 aliphatic heterocycles. The minimum absolute atomic E-state index is 0.495. The number of nitrogens with one attached hydrogen (secondary N) is 1. The molecule has 0 bridgehead atoms. The zero-order valence-electron chi connectivity index (χ0n) is 11.9. The van der Waals surface area contributed by atoms with Gasteiger partial charge in [0, 0.05) is 40.2 Å². The molecule has 0 spiro atoms. The van der Waals surface area contributed by atoms with Crippen LogP contribution in [0.3, 0.4) is 0 Å². The molecule has 0 fully saturated rings. The molecule has 0 saturated heterocycles. The van der Waals surface area contributed by atoms with Crippen LogP contribution in [0.2, 0.25) is 5.02 Å². The minimum atomic E-state index is 0.495. The summed E-state index contributed by atoms with van der Waals surface area (Å²) < 4.78 is 5.73. The van der Waals surface area contributed by atoms with Crippen LogP contribution in [0.25, 0.3) is 0 Å². The molecule has 2 heterocycles. The number of hydrogen-bond acceptors (Lipinski definition) is 4. The Hall–Kier alpha value is -1.10. The van der Waals surface area contributed by atoms with Gasteiger partial charge in [0.2, 0.25) is 0 Å². The first-order chi connectivity index (χ1) is 9.54. The van der Waals surface area contributed by atoms with E-state index in [1.807, 2.05) is 11.3 Å². The van der Waals surface area contributed by atoms with Gasteiger partial charge in [0.15, 0.2) is 0 Å². The second kappa shape index (κ2) is 7.07. The van der Waals surface area contributed by atoms with Gasteiger partial charge in [-0.2, -0.15) is 0 Å². The fourth-order valence-corrected chi connectivity index (χ4v) is 2.92. The molecule has 0 aliphatic rings. The molecule has 0 unspecified atom stereocenters. The molecule has 2 aromatic rings. The van der Waals surface area contributed by atoms with Crippen molar-refractivity contribution in [3.05, 3.63) is 44.9 Å². The van der Waals surface area contributed by atoms with Crippen molar-refractivity contribution in [2.45, 2.75) is 40.0 Å². The molecule has 20 heavy (non-hydrogen) atoms. The van der Waals surface area contributed by atoms with Crippen LogP contribution in [0.5, 0.6) is 5.75 Å². The van der Waals surface area contributed by atoms with Crippen molar-refractivity contribution in [3.8, 4) is 5.75 Å². The number of hydrogen-bond donors (Lipinski definition) is 1. The highest BCUT2D eigenvalue weighted by molar-refractivity contribution is 7.12. The molecule has 5 heteroatoms. The van der Waals surface area contributed by atoms with Crippen molar-refractivity contribution < 1.29 is 4.74 Å². The number of aryl methyl sites for hydroxylation is 1. The van der Waals surface area contributed by atoms with Gasteiger partial charge in [-0.3, -0.25) is 4.98 Å². The quantitative estimate of drug-likeness (QED) is 0.869. The third-order valence-electron chi connectivity index (χ3n) is 2.83. The molecule has 0 radical (unpaired) electrons. The van der Waals surface area contributed by atoms with Crippen LogP contribution < -0.4 is 10.1 Å².